The molecule has 0 aromatic carbocycles. The summed E-state index contributed by atoms with van der Waals surface area (Å²) in [4.78, 5) is 2.56. The topological polar surface area (TPSA) is 15.3 Å². The molecule has 1 fully saturated rings. The standard InChI is InChI=1S/C12H26N2/c1-12(2,3)6-7-13-8-11-14-9-4-5-10-14/h13H,4-11H2,1-3H3. The lowest BCUT2D eigenvalue weighted by Crippen LogP contribution is -2.31. The van der Waals surface area contributed by atoms with Gasteiger partial charge in [-0.3, -0.25) is 0 Å². The Labute approximate surface area is 89.1 Å². The highest BCUT2D eigenvalue weighted by atomic mass is 15.1. The molecule has 84 valence electrons. The number of nitrogens with zero attached hydrogens (tertiary/aromatic N) is 1. The first-order valence-corrected chi connectivity index (χ1v) is 6.01. The monoisotopic (exact) mass is 198 g/mol. The third-order valence-electron chi connectivity index (χ3n) is 2.86. The van der Waals surface area contributed by atoms with Crippen LogP contribution in [0.15, 0.2) is 0 Å². The Morgan fingerprint density at radius 2 is 1.71 bits per heavy atom. The number of hydrogen-bond donors (Lipinski definition) is 1. The predicted octanol–water partition coefficient (Wildman–Crippen LogP) is 2.11. The number of nitrogens with one attached hydrogen (secondary N) is 1. The fourth-order valence-electron chi connectivity index (χ4n) is 1.83. The van der Waals surface area contributed by atoms with Crippen LogP contribution in [0, 0.1) is 5.41 Å². The van der Waals surface area contributed by atoms with Gasteiger partial charge in [-0.25, -0.2) is 0 Å². The van der Waals surface area contributed by atoms with Crippen LogP contribution in [0.3, 0.4) is 0 Å². The SMILES string of the molecule is CC(C)(C)CCNCCN1CCCC1. The van der Waals surface area contributed by atoms with Crippen LogP contribution in [0.5, 0.6) is 0 Å². The molecular weight excluding hydrogens is 172 g/mol. The molecule has 0 aromatic rings. The van der Waals surface area contributed by atoms with Crippen LogP contribution in [-0.4, -0.2) is 37.6 Å². The van der Waals surface area contributed by atoms with Gasteiger partial charge in [-0.05, 0) is 44.3 Å². The Morgan fingerprint density at radius 1 is 1.07 bits per heavy atom. The minimum atomic E-state index is 0.473. The van der Waals surface area contributed by atoms with Gasteiger partial charge in [0.2, 0.25) is 0 Å². The van der Waals surface area contributed by atoms with Gasteiger partial charge in [-0.15, -0.1) is 0 Å². The van der Waals surface area contributed by atoms with E-state index in [-0.39, 0.29) is 0 Å². The van der Waals surface area contributed by atoms with Crippen molar-refractivity contribution >= 4 is 0 Å². The highest BCUT2D eigenvalue weighted by Gasteiger charge is 2.11. The number of hydrogen-bond acceptors (Lipinski definition) is 2. The smallest absolute Gasteiger partial charge is 0.0107 e. The molecule has 1 aliphatic heterocycles. The summed E-state index contributed by atoms with van der Waals surface area (Å²) in [7, 11) is 0. The molecule has 0 bridgehead atoms. The lowest BCUT2D eigenvalue weighted by molar-refractivity contribution is 0.323. The van der Waals surface area contributed by atoms with Gasteiger partial charge in [0.25, 0.3) is 0 Å². The van der Waals surface area contributed by atoms with Gasteiger partial charge < -0.3 is 10.2 Å². The minimum absolute atomic E-state index is 0.473. The van der Waals surface area contributed by atoms with Crippen molar-refractivity contribution in [1.82, 2.24) is 10.2 Å². The predicted molar refractivity (Wildman–Crippen MR) is 62.6 cm³/mol. The molecule has 1 heterocycles. The van der Waals surface area contributed by atoms with E-state index in [0.29, 0.717) is 5.41 Å². The van der Waals surface area contributed by atoms with Crippen molar-refractivity contribution in [2.24, 2.45) is 5.41 Å². The summed E-state index contributed by atoms with van der Waals surface area (Å²) < 4.78 is 0. The van der Waals surface area contributed by atoms with Crippen LogP contribution in [0.2, 0.25) is 0 Å². The Kier molecular flexibility index (Phi) is 4.90. The van der Waals surface area contributed by atoms with E-state index in [1.807, 2.05) is 0 Å². The molecule has 2 nitrogen and oxygen atoms in total. The van der Waals surface area contributed by atoms with E-state index in [1.54, 1.807) is 0 Å². The molecule has 0 spiro atoms. The van der Waals surface area contributed by atoms with E-state index in [9.17, 15) is 0 Å². The Bertz CT molecular complexity index is 143. The van der Waals surface area contributed by atoms with Gasteiger partial charge in [0.05, 0.1) is 0 Å². The van der Waals surface area contributed by atoms with Crippen molar-refractivity contribution < 1.29 is 0 Å². The summed E-state index contributed by atoms with van der Waals surface area (Å²) in [6, 6.07) is 0. The summed E-state index contributed by atoms with van der Waals surface area (Å²) in [5.41, 5.74) is 0.473. The minimum Gasteiger partial charge on any atom is -0.315 e. The van der Waals surface area contributed by atoms with Crippen LogP contribution < -0.4 is 5.32 Å². The van der Waals surface area contributed by atoms with Gasteiger partial charge >= 0.3 is 0 Å². The van der Waals surface area contributed by atoms with Crippen molar-refractivity contribution in [3.63, 3.8) is 0 Å². The Hall–Kier alpha value is -0.0800. The number of rotatable bonds is 5. The summed E-state index contributed by atoms with van der Waals surface area (Å²) in [5.74, 6) is 0. The maximum atomic E-state index is 3.53. The average Bonchev–Trinajstić information content (AvgIpc) is 2.54. The summed E-state index contributed by atoms with van der Waals surface area (Å²) >= 11 is 0. The van der Waals surface area contributed by atoms with Crippen LogP contribution in [0.1, 0.15) is 40.0 Å². The fourth-order valence-corrected chi connectivity index (χ4v) is 1.83. The number of likely N-dealkylation sites (tertiary alicyclic amines) is 1. The molecule has 0 radical (unpaired) electrons. The van der Waals surface area contributed by atoms with E-state index < -0.39 is 0 Å². The lowest BCUT2D eigenvalue weighted by atomic mass is 9.92. The summed E-state index contributed by atoms with van der Waals surface area (Å²) in [6.45, 7) is 13.1. The molecule has 0 amide bonds. The molecule has 14 heavy (non-hydrogen) atoms. The summed E-state index contributed by atoms with van der Waals surface area (Å²) in [6.07, 6.45) is 4.08. The van der Waals surface area contributed by atoms with Crippen molar-refractivity contribution in [3.05, 3.63) is 0 Å². The first-order valence-electron chi connectivity index (χ1n) is 6.01. The first-order chi connectivity index (χ1) is 6.58. The van der Waals surface area contributed by atoms with Gasteiger partial charge in [0.1, 0.15) is 0 Å². The molecule has 0 aliphatic carbocycles. The van der Waals surface area contributed by atoms with Crippen LogP contribution in [0.4, 0.5) is 0 Å². The highest BCUT2D eigenvalue weighted by molar-refractivity contribution is 4.68. The van der Waals surface area contributed by atoms with E-state index in [2.05, 4.69) is 31.0 Å². The zero-order valence-corrected chi connectivity index (χ0v) is 10.1. The zero-order chi connectivity index (χ0) is 10.4. The molecule has 0 unspecified atom stereocenters. The third-order valence-corrected chi connectivity index (χ3v) is 2.86. The van der Waals surface area contributed by atoms with E-state index in [4.69, 9.17) is 0 Å². The van der Waals surface area contributed by atoms with Gasteiger partial charge in [0.15, 0.2) is 0 Å². The Balaban J connectivity index is 1.89. The molecule has 2 heteroatoms. The quantitative estimate of drug-likeness (QED) is 0.681. The average molecular weight is 198 g/mol. The van der Waals surface area contributed by atoms with Crippen molar-refractivity contribution in [1.29, 1.82) is 0 Å². The van der Waals surface area contributed by atoms with Crippen LogP contribution in [0.25, 0.3) is 0 Å². The van der Waals surface area contributed by atoms with E-state index in [0.717, 1.165) is 13.1 Å². The zero-order valence-electron chi connectivity index (χ0n) is 10.1. The lowest BCUT2D eigenvalue weighted by Gasteiger charge is -2.19. The maximum Gasteiger partial charge on any atom is 0.0107 e. The van der Waals surface area contributed by atoms with E-state index in [1.165, 1.54) is 38.9 Å². The van der Waals surface area contributed by atoms with Crippen molar-refractivity contribution in [3.8, 4) is 0 Å². The second-order valence-corrected chi connectivity index (χ2v) is 5.61. The van der Waals surface area contributed by atoms with Crippen LogP contribution >= 0.6 is 0 Å². The molecule has 0 atom stereocenters. The molecule has 0 saturated carbocycles. The largest absolute Gasteiger partial charge is 0.315 e. The summed E-state index contributed by atoms with van der Waals surface area (Å²) in [5, 5.41) is 3.53. The van der Waals surface area contributed by atoms with Gasteiger partial charge in [0, 0.05) is 13.1 Å². The Morgan fingerprint density at radius 3 is 2.29 bits per heavy atom. The second kappa shape index (κ2) is 5.72. The normalized spacial score (nSPS) is 19.1. The molecule has 1 N–H and O–H groups in total. The first kappa shape index (κ1) is 12.0. The molecule has 1 rings (SSSR count). The van der Waals surface area contributed by atoms with Crippen molar-refractivity contribution in [2.75, 3.05) is 32.7 Å². The van der Waals surface area contributed by atoms with Crippen molar-refractivity contribution in [2.45, 2.75) is 40.0 Å². The third kappa shape index (κ3) is 5.61. The maximum absolute atomic E-state index is 3.53. The second-order valence-electron chi connectivity index (χ2n) is 5.61. The van der Waals surface area contributed by atoms with Crippen LogP contribution in [-0.2, 0) is 0 Å². The molecule has 1 aliphatic rings. The fraction of sp³-hybridized carbons (Fsp3) is 1.00. The van der Waals surface area contributed by atoms with Gasteiger partial charge in [-0.1, -0.05) is 20.8 Å². The molecule has 1 saturated heterocycles. The molecule has 0 aromatic heterocycles. The molecular formula is C12H26N2. The highest BCUT2D eigenvalue weighted by Crippen LogP contribution is 2.16. The van der Waals surface area contributed by atoms with E-state index >= 15 is 0 Å². The van der Waals surface area contributed by atoms with Gasteiger partial charge in [-0.2, -0.15) is 0 Å².